The lowest BCUT2D eigenvalue weighted by atomic mass is 9.92. The van der Waals surface area contributed by atoms with Crippen LogP contribution < -0.4 is 0 Å². The Morgan fingerprint density at radius 3 is 2.32 bits per heavy atom. The Labute approximate surface area is 110 Å². The fraction of sp³-hybridized carbons (Fsp3) is 0.188. The molecule has 0 atom stereocenters. The molecule has 0 N–H and O–H groups in total. The minimum absolute atomic E-state index is 0.214. The van der Waals surface area contributed by atoms with Gasteiger partial charge in [-0.3, -0.25) is 4.79 Å². The Morgan fingerprint density at radius 1 is 1.05 bits per heavy atom. The summed E-state index contributed by atoms with van der Waals surface area (Å²) in [4.78, 5) is 11.6. The molecule has 0 aliphatic rings. The van der Waals surface area contributed by atoms with E-state index in [4.69, 9.17) is 0 Å². The third-order valence-corrected chi connectivity index (χ3v) is 3.06. The van der Waals surface area contributed by atoms with Crippen molar-refractivity contribution in [2.24, 2.45) is 0 Å². The first-order valence-electron chi connectivity index (χ1n) is 5.97. The zero-order valence-corrected chi connectivity index (χ0v) is 11.1. The van der Waals surface area contributed by atoms with E-state index in [2.05, 4.69) is 0 Å². The normalized spacial score (nSPS) is 10.6. The molecular weight excluding hydrogens is 246 g/mol. The quantitative estimate of drug-likeness (QED) is 0.729. The topological polar surface area (TPSA) is 17.1 Å². The van der Waals surface area contributed by atoms with E-state index in [0.29, 0.717) is 16.7 Å². The van der Waals surface area contributed by atoms with Gasteiger partial charge in [0.05, 0.1) is 0 Å². The molecule has 0 fully saturated rings. The lowest BCUT2D eigenvalue weighted by Gasteiger charge is -2.12. The van der Waals surface area contributed by atoms with Gasteiger partial charge in [-0.1, -0.05) is 6.07 Å². The first-order chi connectivity index (χ1) is 8.90. The van der Waals surface area contributed by atoms with Gasteiger partial charge in [-0.15, -0.1) is 0 Å². The van der Waals surface area contributed by atoms with Crippen molar-refractivity contribution in [2.45, 2.75) is 20.8 Å². The van der Waals surface area contributed by atoms with Crippen LogP contribution >= 0.6 is 0 Å². The van der Waals surface area contributed by atoms with E-state index in [1.165, 1.54) is 31.2 Å². The average molecular weight is 260 g/mol. The fourth-order valence-electron chi connectivity index (χ4n) is 2.29. The predicted molar refractivity (Wildman–Crippen MR) is 71.3 cm³/mol. The maximum atomic E-state index is 14.1. The molecule has 0 aliphatic carbocycles. The molecule has 1 nitrogen and oxygen atoms in total. The molecule has 2 rings (SSSR count). The number of Topliss-reactive ketones (excluding diaryl/α,β-unsaturated/α-hetero) is 1. The van der Waals surface area contributed by atoms with Gasteiger partial charge in [-0.25, -0.2) is 8.78 Å². The van der Waals surface area contributed by atoms with Crippen molar-refractivity contribution in [1.29, 1.82) is 0 Å². The molecular formula is C16H14F2O. The smallest absolute Gasteiger partial charge is 0.160 e. The van der Waals surface area contributed by atoms with Crippen molar-refractivity contribution in [3.05, 3.63) is 58.7 Å². The van der Waals surface area contributed by atoms with Crippen LogP contribution in [0.4, 0.5) is 8.78 Å². The summed E-state index contributed by atoms with van der Waals surface area (Å²) < 4.78 is 27.5. The van der Waals surface area contributed by atoms with Crippen LogP contribution in [0.5, 0.6) is 0 Å². The lowest BCUT2D eigenvalue weighted by molar-refractivity contribution is 0.101. The van der Waals surface area contributed by atoms with Crippen molar-refractivity contribution in [1.82, 2.24) is 0 Å². The van der Waals surface area contributed by atoms with E-state index in [-0.39, 0.29) is 11.3 Å². The Bertz CT molecular complexity index is 637. The minimum atomic E-state index is -0.487. The summed E-state index contributed by atoms with van der Waals surface area (Å²) in [6.07, 6.45) is 0. The van der Waals surface area contributed by atoms with Gasteiger partial charge in [0.2, 0.25) is 0 Å². The van der Waals surface area contributed by atoms with E-state index < -0.39 is 11.6 Å². The van der Waals surface area contributed by atoms with E-state index >= 15 is 0 Å². The highest BCUT2D eigenvalue weighted by Crippen LogP contribution is 2.31. The fourth-order valence-corrected chi connectivity index (χ4v) is 2.29. The molecule has 0 amide bonds. The van der Waals surface area contributed by atoms with Gasteiger partial charge < -0.3 is 0 Å². The highest BCUT2D eigenvalue weighted by molar-refractivity contribution is 6.01. The highest BCUT2D eigenvalue weighted by Gasteiger charge is 2.16. The molecule has 0 aromatic heterocycles. The minimum Gasteiger partial charge on any atom is -0.294 e. The van der Waals surface area contributed by atoms with Gasteiger partial charge in [0.25, 0.3) is 0 Å². The monoisotopic (exact) mass is 260 g/mol. The van der Waals surface area contributed by atoms with Gasteiger partial charge >= 0.3 is 0 Å². The van der Waals surface area contributed by atoms with Crippen LogP contribution in [0.25, 0.3) is 11.1 Å². The average Bonchev–Trinajstić information content (AvgIpc) is 2.27. The zero-order valence-electron chi connectivity index (χ0n) is 11.1. The standard InChI is InChI=1S/C16H14F2O/c1-9-6-10(2)16(15(18)7-9)14-8-12(17)4-5-13(14)11(3)19/h4-8H,1-3H3. The summed E-state index contributed by atoms with van der Waals surface area (Å²) in [6.45, 7) is 4.93. The number of carbonyl (C=O) groups excluding carboxylic acids is 1. The molecule has 0 saturated carbocycles. The number of rotatable bonds is 2. The number of aryl methyl sites for hydroxylation is 2. The molecule has 0 bridgehead atoms. The van der Waals surface area contributed by atoms with Crippen LogP contribution in [-0.2, 0) is 0 Å². The Kier molecular flexibility index (Phi) is 3.47. The Morgan fingerprint density at radius 2 is 1.74 bits per heavy atom. The number of hydrogen-bond acceptors (Lipinski definition) is 1. The van der Waals surface area contributed by atoms with E-state index in [1.807, 2.05) is 6.07 Å². The van der Waals surface area contributed by atoms with Crippen molar-refractivity contribution in [3.8, 4) is 11.1 Å². The number of benzene rings is 2. The number of halogens is 2. The maximum absolute atomic E-state index is 14.1. The largest absolute Gasteiger partial charge is 0.294 e. The van der Waals surface area contributed by atoms with Gasteiger partial charge in [-0.2, -0.15) is 0 Å². The maximum Gasteiger partial charge on any atom is 0.160 e. The van der Waals surface area contributed by atoms with Gasteiger partial charge in [-0.05, 0) is 61.7 Å². The van der Waals surface area contributed by atoms with Crippen LogP contribution in [0, 0.1) is 25.5 Å². The Balaban J connectivity index is 2.78. The van der Waals surface area contributed by atoms with E-state index in [0.717, 1.165) is 5.56 Å². The predicted octanol–water partition coefficient (Wildman–Crippen LogP) is 4.45. The van der Waals surface area contributed by atoms with Crippen LogP contribution in [0.2, 0.25) is 0 Å². The SMILES string of the molecule is CC(=O)c1ccc(F)cc1-c1c(C)cc(C)cc1F. The second-order valence-electron chi connectivity index (χ2n) is 4.68. The third kappa shape index (κ3) is 2.55. The van der Waals surface area contributed by atoms with Crippen LogP contribution in [0.3, 0.4) is 0 Å². The first kappa shape index (κ1) is 13.4. The van der Waals surface area contributed by atoms with Crippen molar-refractivity contribution in [2.75, 3.05) is 0 Å². The van der Waals surface area contributed by atoms with Crippen molar-refractivity contribution < 1.29 is 13.6 Å². The van der Waals surface area contributed by atoms with Gasteiger partial charge in [0, 0.05) is 11.1 Å². The van der Waals surface area contributed by atoms with E-state index in [1.54, 1.807) is 13.8 Å². The van der Waals surface area contributed by atoms with Crippen LogP contribution in [0.15, 0.2) is 30.3 Å². The highest BCUT2D eigenvalue weighted by atomic mass is 19.1. The second kappa shape index (κ2) is 4.92. The third-order valence-electron chi connectivity index (χ3n) is 3.06. The molecule has 2 aromatic rings. The number of carbonyl (C=O) groups is 1. The molecule has 19 heavy (non-hydrogen) atoms. The molecule has 0 spiro atoms. The molecule has 0 saturated heterocycles. The first-order valence-corrected chi connectivity index (χ1v) is 5.97. The summed E-state index contributed by atoms with van der Waals surface area (Å²) in [7, 11) is 0. The molecule has 0 heterocycles. The summed E-state index contributed by atoms with van der Waals surface area (Å²) in [5.41, 5.74) is 2.40. The van der Waals surface area contributed by atoms with E-state index in [9.17, 15) is 13.6 Å². The molecule has 98 valence electrons. The zero-order chi connectivity index (χ0) is 14.2. The molecule has 3 heteroatoms. The van der Waals surface area contributed by atoms with Crippen molar-refractivity contribution in [3.63, 3.8) is 0 Å². The molecule has 0 radical (unpaired) electrons. The summed E-state index contributed by atoms with van der Waals surface area (Å²) >= 11 is 0. The Hall–Kier alpha value is -2.03. The number of hydrogen-bond donors (Lipinski definition) is 0. The molecule has 0 unspecified atom stereocenters. The van der Waals surface area contributed by atoms with Gasteiger partial charge in [0.15, 0.2) is 5.78 Å². The molecule has 0 aliphatic heterocycles. The second-order valence-corrected chi connectivity index (χ2v) is 4.68. The number of ketones is 1. The summed E-state index contributed by atoms with van der Waals surface area (Å²) in [5, 5.41) is 0. The van der Waals surface area contributed by atoms with Crippen LogP contribution in [-0.4, -0.2) is 5.78 Å². The van der Waals surface area contributed by atoms with Crippen molar-refractivity contribution >= 4 is 5.78 Å². The summed E-state index contributed by atoms with van der Waals surface area (Å²) in [6, 6.07) is 7.01. The van der Waals surface area contributed by atoms with Gasteiger partial charge in [0.1, 0.15) is 11.6 Å². The lowest BCUT2D eigenvalue weighted by Crippen LogP contribution is -2.00. The summed E-state index contributed by atoms with van der Waals surface area (Å²) in [5.74, 6) is -1.14. The molecule has 2 aromatic carbocycles. The van der Waals surface area contributed by atoms with Crippen LogP contribution in [0.1, 0.15) is 28.4 Å².